The van der Waals surface area contributed by atoms with E-state index in [4.69, 9.17) is 4.74 Å². The average molecular weight is 268 g/mol. The van der Waals surface area contributed by atoms with Gasteiger partial charge in [0, 0.05) is 5.57 Å². The highest BCUT2D eigenvalue weighted by molar-refractivity contribution is 5.97. The number of rotatable bonds is 3. The van der Waals surface area contributed by atoms with Gasteiger partial charge in [-0.15, -0.1) is 0 Å². The van der Waals surface area contributed by atoms with Crippen molar-refractivity contribution in [3.63, 3.8) is 0 Å². The second-order valence-corrected chi connectivity index (χ2v) is 4.50. The van der Waals surface area contributed by atoms with E-state index in [0.717, 1.165) is 19.1 Å². The second kappa shape index (κ2) is 6.66. The smallest absolute Gasteiger partial charge is 0.343 e. The lowest BCUT2D eigenvalue weighted by atomic mass is 9.98. The molecule has 0 aromatic heterocycles. The van der Waals surface area contributed by atoms with Gasteiger partial charge < -0.3 is 4.74 Å². The van der Waals surface area contributed by atoms with E-state index >= 15 is 0 Å². The number of hydrogen-bond acceptors (Lipinski definition) is 3. The minimum atomic E-state index is -0.427. The van der Waals surface area contributed by atoms with Gasteiger partial charge in [0.1, 0.15) is 12.0 Å². The average Bonchev–Trinajstić information content (AvgIpc) is 2.44. The number of ether oxygens (including phenoxy) is 1. The van der Waals surface area contributed by atoms with Crippen molar-refractivity contribution < 1.29 is 14.3 Å². The molecule has 102 valence electrons. The molecule has 0 unspecified atom stereocenters. The Labute approximate surface area is 118 Å². The van der Waals surface area contributed by atoms with Gasteiger partial charge in [-0.2, -0.15) is 0 Å². The topological polar surface area (TPSA) is 43.4 Å². The number of benzene rings is 1. The Morgan fingerprint density at radius 3 is 2.65 bits per heavy atom. The molecule has 1 aliphatic carbocycles. The van der Waals surface area contributed by atoms with Crippen LogP contribution in [0.25, 0.3) is 0 Å². The number of carbonyl (C=O) groups excluding carboxylic acids is 2. The fourth-order valence-electron chi connectivity index (χ4n) is 1.98. The number of hydrogen-bond donors (Lipinski definition) is 0. The van der Waals surface area contributed by atoms with Gasteiger partial charge in [0.15, 0.2) is 0 Å². The monoisotopic (exact) mass is 268 g/mol. The maximum absolute atomic E-state index is 12.2. The molecule has 0 bridgehead atoms. The van der Waals surface area contributed by atoms with Crippen molar-refractivity contribution in [3.8, 4) is 5.75 Å². The zero-order valence-electron chi connectivity index (χ0n) is 11.3. The lowest BCUT2D eigenvalue weighted by Crippen LogP contribution is -2.14. The number of aldehydes is 1. The van der Waals surface area contributed by atoms with Crippen LogP contribution in [0.2, 0.25) is 0 Å². The second-order valence-electron chi connectivity index (χ2n) is 4.50. The Balaban J connectivity index is 2.27. The molecule has 0 aliphatic heterocycles. The fraction of sp³-hybridized carbons (Fsp3) is 0.176. The molecule has 0 radical (unpaired) electrons. The zero-order chi connectivity index (χ0) is 14.4. The molecule has 3 nitrogen and oxygen atoms in total. The molecule has 0 spiro atoms. The summed E-state index contributed by atoms with van der Waals surface area (Å²) in [5, 5.41) is 0. The van der Waals surface area contributed by atoms with E-state index in [-0.39, 0.29) is 0 Å². The van der Waals surface area contributed by atoms with Crippen LogP contribution in [0.3, 0.4) is 0 Å². The van der Waals surface area contributed by atoms with Crippen molar-refractivity contribution in [3.05, 3.63) is 65.3 Å². The van der Waals surface area contributed by atoms with E-state index in [1.807, 2.05) is 18.2 Å². The van der Waals surface area contributed by atoms with Crippen LogP contribution in [-0.4, -0.2) is 12.3 Å². The first-order valence-electron chi connectivity index (χ1n) is 6.52. The SMILES string of the molecule is CC1=C(C=O)/C=C\CCC=C1C(=O)Oc1ccccc1. The Hall–Kier alpha value is -2.42. The Kier molecular flexibility index (Phi) is 4.66. The summed E-state index contributed by atoms with van der Waals surface area (Å²) < 4.78 is 5.33. The molecular formula is C17H16O3. The summed E-state index contributed by atoms with van der Waals surface area (Å²) in [6.07, 6.45) is 7.83. The van der Waals surface area contributed by atoms with Gasteiger partial charge in [0.05, 0.1) is 5.57 Å². The largest absolute Gasteiger partial charge is 0.423 e. The zero-order valence-corrected chi connectivity index (χ0v) is 11.3. The van der Waals surface area contributed by atoms with Gasteiger partial charge in [-0.3, -0.25) is 4.79 Å². The Bertz CT molecular complexity index is 592. The molecule has 0 saturated carbocycles. The normalized spacial score (nSPS) is 16.8. The van der Waals surface area contributed by atoms with Crippen LogP contribution in [0.5, 0.6) is 5.75 Å². The van der Waals surface area contributed by atoms with E-state index in [1.165, 1.54) is 0 Å². The van der Waals surface area contributed by atoms with Crippen LogP contribution in [0.1, 0.15) is 19.8 Å². The van der Waals surface area contributed by atoms with Crippen LogP contribution < -0.4 is 4.74 Å². The van der Waals surface area contributed by atoms with Gasteiger partial charge in [-0.25, -0.2) is 4.79 Å². The third-order valence-corrected chi connectivity index (χ3v) is 3.12. The first kappa shape index (κ1) is 14.0. The quantitative estimate of drug-likeness (QED) is 0.479. The molecule has 0 N–H and O–H groups in total. The molecule has 3 heteroatoms. The molecule has 1 aliphatic rings. The number of carbonyl (C=O) groups is 2. The first-order chi connectivity index (χ1) is 9.72. The van der Waals surface area contributed by atoms with E-state index in [0.29, 0.717) is 22.5 Å². The highest BCUT2D eigenvalue weighted by Crippen LogP contribution is 2.21. The van der Waals surface area contributed by atoms with Crippen molar-refractivity contribution in [2.45, 2.75) is 19.8 Å². The predicted molar refractivity (Wildman–Crippen MR) is 77.3 cm³/mol. The molecule has 20 heavy (non-hydrogen) atoms. The van der Waals surface area contributed by atoms with Gasteiger partial charge in [0.25, 0.3) is 0 Å². The van der Waals surface area contributed by atoms with Crippen LogP contribution in [0.15, 0.2) is 65.3 Å². The molecule has 0 amide bonds. The summed E-state index contributed by atoms with van der Waals surface area (Å²) in [5.41, 5.74) is 1.62. The van der Waals surface area contributed by atoms with E-state index in [9.17, 15) is 9.59 Å². The van der Waals surface area contributed by atoms with Gasteiger partial charge in [-0.05, 0) is 37.5 Å². The van der Waals surface area contributed by atoms with Crippen LogP contribution in [-0.2, 0) is 9.59 Å². The Morgan fingerprint density at radius 2 is 1.95 bits per heavy atom. The van der Waals surface area contributed by atoms with Gasteiger partial charge in [-0.1, -0.05) is 36.4 Å². The van der Waals surface area contributed by atoms with Crippen LogP contribution >= 0.6 is 0 Å². The summed E-state index contributed by atoms with van der Waals surface area (Å²) >= 11 is 0. The molecule has 1 aromatic rings. The van der Waals surface area contributed by atoms with Gasteiger partial charge in [0.2, 0.25) is 0 Å². The lowest BCUT2D eigenvalue weighted by Gasteiger charge is -2.11. The summed E-state index contributed by atoms with van der Waals surface area (Å²) in [6, 6.07) is 8.91. The van der Waals surface area contributed by atoms with E-state index in [2.05, 4.69) is 0 Å². The predicted octanol–water partition coefficient (Wildman–Crippen LogP) is 3.38. The fourth-order valence-corrected chi connectivity index (χ4v) is 1.98. The molecule has 0 heterocycles. The number of allylic oxidation sites excluding steroid dienone is 4. The summed E-state index contributed by atoms with van der Waals surface area (Å²) in [4.78, 5) is 23.3. The summed E-state index contributed by atoms with van der Waals surface area (Å²) in [5.74, 6) is 0.0693. The molecule has 0 atom stereocenters. The Morgan fingerprint density at radius 1 is 1.20 bits per heavy atom. The first-order valence-corrected chi connectivity index (χ1v) is 6.52. The van der Waals surface area contributed by atoms with Crippen molar-refractivity contribution in [2.75, 3.05) is 0 Å². The maximum atomic E-state index is 12.2. The van der Waals surface area contributed by atoms with Crippen LogP contribution in [0.4, 0.5) is 0 Å². The van der Waals surface area contributed by atoms with E-state index < -0.39 is 5.97 Å². The minimum Gasteiger partial charge on any atom is -0.423 e. The van der Waals surface area contributed by atoms with Crippen molar-refractivity contribution >= 4 is 12.3 Å². The molecule has 2 rings (SSSR count). The molecule has 0 saturated heterocycles. The highest BCUT2D eigenvalue weighted by atomic mass is 16.5. The van der Waals surface area contributed by atoms with Gasteiger partial charge >= 0.3 is 5.97 Å². The van der Waals surface area contributed by atoms with Crippen molar-refractivity contribution in [1.82, 2.24) is 0 Å². The molecule has 1 aromatic carbocycles. The van der Waals surface area contributed by atoms with Crippen LogP contribution in [0, 0.1) is 0 Å². The third-order valence-electron chi connectivity index (χ3n) is 3.12. The summed E-state index contributed by atoms with van der Waals surface area (Å²) in [7, 11) is 0. The number of para-hydroxylation sites is 1. The summed E-state index contributed by atoms with van der Waals surface area (Å²) in [6.45, 7) is 1.76. The highest BCUT2D eigenvalue weighted by Gasteiger charge is 2.17. The molecular weight excluding hydrogens is 252 g/mol. The maximum Gasteiger partial charge on any atom is 0.343 e. The lowest BCUT2D eigenvalue weighted by molar-refractivity contribution is -0.129. The van der Waals surface area contributed by atoms with E-state index in [1.54, 1.807) is 37.3 Å². The third kappa shape index (κ3) is 3.32. The minimum absolute atomic E-state index is 0.427. The van der Waals surface area contributed by atoms with Crippen molar-refractivity contribution in [2.24, 2.45) is 0 Å². The van der Waals surface area contributed by atoms with Crippen molar-refractivity contribution in [1.29, 1.82) is 0 Å². The number of esters is 1. The standard InChI is InChI=1S/C17H16O3/c1-13-14(12-18)8-4-2-7-11-16(13)17(19)20-15-9-5-3-6-10-15/h3-6,8-12H,2,7H2,1H3/b8-4-,14-13?,16-11?. The molecule has 0 fully saturated rings.